The number of carboxylic acids is 1. The molecule has 0 aliphatic heterocycles. The molecule has 1 aliphatic carbocycles. The first kappa shape index (κ1) is 24.7. The third-order valence-electron chi connectivity index (χ3n) is 6.57. The van der Waals surface area contributed by atoms with Gasteiger partial charge in [0.25, 0.3) is 5.91 Å². The summed E-state index contributed by atoms with van der Waals surface area (Å²) in [6.45, 7) is 5.52. The average Bonchev–Trinajstić information content (AvgIpc) is 2.74. The molecule has 3 atom stereocenters. The van der Waals surface area contributed by atoms with Crippen molar-refractivity contribution in [1.29, 1.82) is 0 Å². The van der Waals surface area contributed by atoms with E-state index in [9.17, 15) is 24.6 Å². The fourth-order valence-electron chi connectivity index (χ4n) is 4.17. The molecule has 1 fully saturated rings. The highest BCUT2D eigenvalue weighted by atomic mass is 35.5. The van der Waals surface area contributed by atoms with Gasteiger partial charge in [-0.3, -0.25) is 9.59 Å². The molecular formula is C24H28ClN3O5. The van der Waals surface area contributed by atoms with Crippen LogP contribution in [0, 0.1) is 24.2 Å². The van der Waals surface area contributed by atoms with Crippen LogP contribution in [0.25, 0.3) is 0 Å². The van der Waals surface area contributed by atoms with Crippen molar-refractivity contribution in [2.75, 3.05) is 11.9 Å². The number of aromatic nitrogens is 1. The van der Waals surface area contributed by atoms with E-state index in [1.807, 2.05) is 13.8 Å². The van der Waals surface area contributed by atoms with Gasteiger partial charge in [-0.05, 0) is 54.5 Å². The van der Waals surface area contributed by atoms with Crippen molar-refractivity contribution in [3.05, 3.63) is 58.4 Å². The molecule has 0 radical (unpaired) electrons. The van der Waals surface area contributed by atoms with Gasteiger partial charge in [0.05, 0.1) is 11.3 Å². The van der Waals surface area contributed by atoms with Crippen LogP contribution in [0.15, 0.2) is 36.4 Å². The molecule has 4 N–H and O–H groups in total. The first-order chi connectivity index (χ1) is 15.5. The molecule has 2 amide bonds. The molecule has 2 unspecified atom stereocenters. The number of carboxylic acid groups (broad SMARTS) is 1. The standard InChI is InChI=1S/C24H28ClN3O5/c1-13-17(8-9-20(25)26-13)21(30)27-16-6-4-14(5-7-16)10-19(23(32)33)28-22(31)18-11-15(12-29)24(18,2)3/h4-9,15,18-19,29H,10-12H2,1-3H3,(H,27,30)(H,28,31)(H,32,33)/t15-,18?,19?/m1/s1. The van der Waals surface area contributed by atoms with Crippen molar-refractivity contribution in [3.63, 3.8) is 0 Å². The van der Waals surface area contributed by atoms with Crippen molar-refractivity contribution in [2.45, 2.75) is 39.7 Å². The maximum absolute atomic E-state index is 12.6. The van der Waals surface area contributed by atoms with Crippen LogP contribution in [0.5, 0.6) is 0 Å². The molecule has 1 heterocycles. The van der Waals surface area contributed by atoms with E-state index in [1.165, 1.54) is 0 Å². The predicted molar refractivity (Wildman–Crippen MR) is 124 cm³/mol. The normalized spacial score (nSPS) is 19.8. The number of aliphatic hydroxyl groups excluding tert-OH is 1. The Bertz CT molecular complexity index is 1050. The van der Waals surface area contributed by atoms with E-state index in [-0.39, 0.29) is 42.1 Å². The second-order valence-electron chi connectivity index (χ2n) is 9.01. The molecule has 0 saturated heterocycles. The smallest absolute Gasteiger partial charge is 0.326 e. The molecule has 176 valence electrons. The predicted octanol–water partition coefficient (Wildman–Crippen LogP) is 3.06. The van der Waals surface area contributed by atoms with Crippen molar-refractivity contribution in [3.8, 4) is 0 Å². The number of rotatable bonds is 8. The van der Waals surface area contributed by atoms with E-state index in [2.05, 4.69) is 15.6 Å². The summed E-state index contributed by atoms with van der Waals surface area (Å²) in [5.74, 6) is -2.06. The van der Waals surface area contributed by atoms with Crippen LogP contribution >= 0.6 is 11.6 Å². The largest absolute Gasteiger partial charge is 0.480 e. The lowest BCUT2D eigenvalue weighted by Crippen LogP contribution is -2.56. The van der Waals surface area contributed by atoms with Crippen LogP contribution in [0.1, 0.15) is 41.9 Å². The zero-order valence-corrected chi connectivity index (χ0v) is 19.5. The molecule has 2 aromatic rings. The lowest BCUT2D eigenvalue weighted by Gasteiger charge is -2.50. The van der Waals surface area contributed by atoms with E-state index in [0.29, 0.717) is 34.1 Å². The average molecular weight is 474 g/mol. The second kappa shape index (κ2) is 9.89. The fourth-order valence-corrected chi connectivity index (χ4v) is 4.36. The fraction of sp³-hybridized carbons (Fsp3) is 0.417. The van der Waals surface area contributed by atoms with Gasteiger partial charge in [-0.1, -0.05) is 37.6 Å². The number of anilines is 1. The van der Waals surface area contributed by atoms with Crippen molar-refractivity contribution in [1.82, 2.24) is 10.3 Å². The number of carbonyl (C=O) groups excluding carboxylic acids is 2. The van der Waals surface area contributed by atoms with Gasteiger partial charge in [0.15, 0.2) is 0 Å². The third kappa shape index (κ3) is 5.51. The number of carbonyl (C=O) groups is 3. The number of pyridine rings is 1. The molecule has 9 heteroatoms. The summed E-state index contributed by atoms with van der Waals surface area (Å²) in [5, 5.41) is 24.7. The monoisotopic (exact) mass is 473 g/mol. The highest BCUT2D eigenvalue weighted by Crippen LogP contribution is 2.51. The Morgan fingerprint density at radius 1 is 1.18 bits per heavy atom. The molecular weight excluding hydrogens is 446 g/mol. The Morgan fingerprint density at radius 3 is 2.39 bits per heavy atom. The van der Waals surface area contributed by atoms with Gasteiger partial charge in [0, 0.05) is 24.6 Å². The number of benzene rings is 1. The highest BCUT2D eigenvalue weighted by Gasteiger charge is 2.51. The first-order valence-electron chi connectivity index (χ1n) is 10.7. The number of hydrogen-bond donors (Lipinski definition) is 4. The van der Waals surface area contributed by atoms with Gasteiger partial charge < -0.3 is 20.8 Å². The summed E-state index contributed by atoms with van der Waals surface area (Å²) in [5.41, 5.74) is 1.78. The van der Waals surface area contributed by atoms with Crippen molar-refractivity contribution >= 4 is 35.1 Å². The topological polar surface area (TPSA) is 129 Å². The Hall–Kier alpha value is -2.97. The van der Waals surface area contributed by atoms with Crippen LogP contribution in [0.2, 0.25) is 5.15 Å². The molecule has 8 nitrogen and oxygen atoms in total. The van der Waals surface area contributed by atoms with Gasteiger partial charge >= 0.3 is 5.97 Å². The Kier molecular flexibility index (Phi) is 7.39. The molecule has 1 aromatic heterocycles. The summed E-state index contributed by atoms with van der Waals surface area (Å²) in [6.07, 6.45) is 0.644. The quantitative estimate of drug-likeness (QED) is 0.436. The lowest BCUT2D eigenvalue weighted by atomic mass is 9.54. The van der Waals surface area contributed by atoms with Crippen LogP contribution in [-0.2, 0) is 16.0 Å². The summed E-state index contributed by atoms with van der Waals surface area (Å²) < 4.78 is 0. The Labute approximate surface area is 197 Å². The number of hydrogen-bond acceptors (Lipinski definition) is 5. The Balaban J connectivity index is 1.61. The van der Waals surface area contributed by atoms with Crippen molar-refractivity contribution in [2.24, 2.45) is 17.3 Å². The zero-order valence-electron chi connectivity index (χ0n) is 18.8. The SMILES string of the molecule is Cc1nc(Cl)ccc1C(=O)Nc1ccc(CC(NC(=O)C2C[C@H](CO)C2(C)C)C(=O)O)cc1. The minimum absolute atomic E-state index is 0.0100. The van der Waals surface area contributed by atoms with E-state index < -0.39 is 12.0 Å². The number of nitrogens with zero attached hydrogens (tertiary/aromatic N) is 1. The van der Waals surface area contributed by atoms with Crippen LogP contribution in [0.3, 0.4) is 0 Å². The number of nitrogens with one attached hydrogen (secondary N) is 2. The molecule has 33 heavy (non-hydrogen) atoms. The number of aliphatic hydroxyl groups is 1. The van der Waals surface area contributed by atoms with Gasteiger partial charge in [-0.2, -0.15) is 0 Å². The van der Waals surface area contributed by atoms with E-state index >= 15 is 0 Å². The van der Waals surface area contributed by atoms with Gasteiger partial charge in [0.2, 0.25) is 5.91 Å². The van der Waals surface area contributed by atoms with Crippen LogP contribution < -0.4 is 10.6 Å². The number of aliphatic carboxylic acids is 1. The van der Waals surface area contributed by atoms with E-state index in [0.717, 1.165) is 0 Å². The zero-order chi connectivity index (χ0) is 24.3. The first-order valence-corrected chi connectivity index (χ1v) is 11.1. The summed E-state index contributed by atoms with van der Waals surface area (Å²) >= 11 is 5.83. The lowest BCUT2D eigenvalue weighted by molar-refractivity contribution is -0.149. The number of halogens is 1. The minimum atomic E-state index is -1.12. The molecule has 1 aromatic carbocycles. The molecule has 1 saturated carbocycles. The minimum Gasteiger partial charge on any atom is -0.480 e. The number of amides is 2. The summed E-state index contributed by atoms with van der Waals surface area (Å²) in [6, 6.07) is 8.83. The molecule has 0 spiro atoms. The van der Waals surface area contributed by atoms with E-state index in [4.69, 9.17) is 11.6 Å². The van der Waals surface area contributed by atoms with Gasteiger partial charge in [-0.15, -0.1) is 0 Å². The molecule has 1 aliphatic rings. The highest BCUT2D eigenvalue weighted by molar-refractivity contribution is 6.29. The Morgan fingerprint density at radius 2 is 1.85 bits per heavy atom. The van der Waals surface area contributed by atoms with E-state index in [1.54, 1.807) is 43.3 Å². The summed E-state index contributed by atoms with van der Waals surface area (Å²) in [4.78, 5) is 40.9. The molecule has 0 bridgehead atoms. The second-order valence-corrected chi connectivity index (χ2v) is 9.40. The van der Waals surface area contributed by atoms with Gasteiger partial charge in [-0.25, -0.2) is 9.78 Å². The maximum Gasteiger partial charge on any atom is 0.326 e. The van der Waals surface area contributed by atoms with Crippen LogP contribution in [0.4, 0.5) is 5.69 Å². The number of aryl methyl sites for hydroxylation is 1. The van der Waals surface area contributed by atoms with Crippen molar-refractivity contribution < 1.29 is 24.6 Å². The summed E-state index contributed by atoms with van der Waals surface area (Å²) in [7, 11) is 0. The molecule has 3 rings (SSSR count). The third-order valence-corrected chi connectivity index (χ3v) is 6.78. The maximum atomic E-state index is 12.6. The van der Waals surface area contributed by atoms with Crippen LogP contribution in [-0.4, -0.2) is 45.6 Å². The van der Waals surface area contributed by atoms with Gasteiger partial charge in [0.1, 0.15) is 11.2 Å².